The lowest BCUT2D eigenvalue weighted by molar-refractivity contribution is -0.138. The Morgan fingerprint density at radius 3 is 2.58 bits per heavy atom. The van der Waals surface area contributed by atoms with Gasteiger partial charge in [0.1, 0.15) is 0 Å². The lowest BCUT2D eigenvalue weighted by Gasteiger charge is -2.04. The van der Waals surface area contributed by atoms with Gasteiger partial charge in [-0.15, -0.1) is 11.3 Å². The monoisotopic (exact) mass is 337 g/mol. The molecule has 5 heteroatoms. The van der Waals surface area contributed by atoms with Gasteiger partial charge in [0, 0.05) is 17.1 Å². The summed E-state index contributed by atoms with van der Waals surface area (Å²) in [5, 5.41) is 9.26. The Kier molecular flexibility index (Phi) is 3.58. The van der Waals surface area contributed by atoms with Gasteiger partial charge in [-0.25, -0.2) is 0 Å². The first-order valence-electron chi connectivity index (χ1n) is 7.77. The van der Waals surface area contributed by atoms with Gasteiger partial charge in [-0.3, -0.25) is 9.59 Å². The Hall–Kier alpha value is -2.66. The topological polar surface area (TPSA) is 59.3 Å². The molecular formula is C19H15NO3S. The van der Waals surface area contributed by atoms with Crippen molar-refractivity contribution in [1.29, 1.82) is 0 Å². The molecule has 0 saturated heterocycles. The molecule has 0 bridgehead atoms. The molecule has 1 aliphatic rings. The minimum atomic E-state index is -0.826. The van der Waals surface area contributed by atoms with Crippen LogP contribution in [-0.2, 0) is 11.3 Å². The lowest BCUT2D eigenvalue weighted by atomic mass is 10.1. The van der Waals surface area contributed by atoms with Crippen LogP contribution in [0, 0.1) is 0 Å². The van der Waals surface area contributed by atoms with E-state index < -0.39 is 11.9 Å². The van der Waals surface area contributed by atoms with Gasteiger partial charge in [0.15, 0.2) is 0 Å². The zero-order valence-corrected chi connectivity index (χ0v) is 13.6. The molecule has 0 spiro atoms. The van der Waals surface area contributed by atoms with Crippen LogP contribution in [0.1, 0.15) is 33.4 Å². The molecule has 0 amide bonds. The molecule has 0 radical (unpaired) electrons. The first-order chi connectivity index (χ1) is 11.6. The molecule has 0 saturated carbocycles. The van der Waals surface area contributed by atoms with Crippen molar-refractivity contribution in [3.63, 3.8) is 0 Å². The van der Waals surface area contributed by atoms with Crippen LogP contribution in [-0.4, -0.2) is 21.4 Å². The number of hydrogen-bond donors (Lipinski definition) is 1. The van der Waals surface area contributed by atoms with Gasteiger partial charge in [0.2, 0.25) is 5.78 Å². The van der Waals surface area contributed by atoms with Gasteiger partial charge >= 0.3 is 5.97 Å². The summed E-state index contributed by atoms with van der Waals surface area (Å²) in [7, 11) is 0. The van der Waals surface area contributed by atoms with Gasteiger partial charge < -0.3 is 9.67 Å². The number of benzene rings is 1. The number of carbonyl (C=O) groups excluding carboxylic acids is 1. The number of carboxylic acid groups (broad SMARTS) is 1. The van der Waals surface area contributed by atoms with E-state index in [0.29, 0.717) is 23.5 Å². The number of nitrogens with zero attached hydrogens (tertiary/aromatic N) is 1. The molecule has 120 valence electrons. The van der Waals surface area contributed by atoms with Crippen molar-refractivity contribution in [3.8, 4) is 10.4 Å². The van der Waals surface area contributed by atoms with E-state index in [0.717, 1.165) is 16.1 Å². The third kappa shape index (κ3) is 2.37. The van der Waals surface area contributed by atoms with Gasteiger partial charge in [0.25, 0.3) is 0 Å². The molecule has 1 atom stereocenters. The Morgan fingerprint density at radius 2 is 1.83 bits per heavy atom. The standard InChI is InChI=1S/C19H15NO3S/c21-18(15-7-6-14-13(19(22)23)10-11-20(14)15)17-9-8-16(24-17)12-4-2-1-3-5-12/h1-9,13H,10-11H2,(H,22,23). The Bertz CT molecular complexity index is 923. The SMILES string of the molecule is O=C(c1ccc(-c2ccccc2)s1)c1ccc2n1CCC2C(=O)O. The summed E-state index contributed by atoms with van der Waals surface area (Å²) >= 11 is 1.47. The summed E-state index contributed by atoms with van der Waals surface area (Å²) in [4.78, 5) is 25.8. The predicted molar refractivity (Wildman–Crippen MR) is 92.6 cm³/mol. The van der Waals surface area contributed by atoms with Gasteiger partial charge in [0.05, 0.1) is 16.5 Å². The fourth-order valence-electron chi connectivity index (χ4n) is 3.24. The third-order valence-corrected chi connectivity index (χ3v) is 5.56. The van der Waals surface area contributed by atoms with Crippen LogP contribution >= 0.6 is 11.3 Å². The smallest absolute Gasteiger partial charge is 0.312 e. The van der Waals surface area contributed by atoms with E-state index in [9.17, 15) is 14.7 Å². The summed E-state index contributed by atoms with van der Waals surface area (Å²) in [6.07, 6.45) is 0.547. The summed E-state index contributed by atoms with van der Waals surface area (Å²) in [6, 6.07) is 17.3. The highest BCUT2D eigenvalue weighted by Gasteiger charge is 2.31. The number of aromatic nitrogens is 1. The molecule has 2 aromatic heterocycles. The molecule has 4 nitrogen and oxygen atoms in total. The zero-order valence-electron chi connectivity index (χ0n) is 12.8. The lowest BCUT2D eigenvalue weighted by Crippen LogP contribution is -2.09. The summed E-state index contributed by atoms with van der Waals surface area (Å²) in [5.41, 5.74) is 2.40. The minimum absolute atomic E-state index is 0.0422. The van der Waals surface area contributed by atoms with Gasteiger partial charge in [-0.1, -0.05) is 30.3 Å². The predicted octanol–water partition coefficient (Wildman–Crippen LogP) is 4.02. The van der Waals surface area contributed by atoms with Crippen LogP contribution in [0.2, 0.25) is 0 Å². The van der Waals surface area contributed by atoms with Crippen molar-refractivity contribution in [3.05, 3.63) is 70.9 Å². The zero-order chi connectivity index (χ0) is 16.7. The normalized spacial score (nSPS) is 16.1. The molecule has 0 fully saturated rings. The van der Waals surface area contributed by atoms with E-state index >= 15 is 0 Å². The summed E-state index contributed by atoms with van der Waals surface area (Å²) in [5.74, 6) is -1.37. The molecular weight excluding hydrogens is 322 g/mol. The first-order valence-corrected chi connectivity index (χ1v) is 8.59. The van der Waals surface area contributed by atoms with Crippen LogP contribution in [0.25, 0.3) is 10.4 Å². The quantitative estimate of drug-likeness (QED) is 0.732. The molecule has 3 aromatic rings. The number of rotatable bonds is 4. The van der Waals surface area contributed by atoms with E-state index in [1.807, 2.05) is 47.0 Å². The summed E-state index contributed by atoms with van der Waals surface area (Å²) in [6.45, 7) is 0.581. The number of fused-ring (bicyclic) bond motifs is 1. The van der Waals surface area contributed by atoms with Gasteiger partial charge in [-0.05, 0) is 36.2 Å². The van der Waals surface area contributed by atoms with Crippen molar-refractivity contribution < 1.29 is 14.7 Å². The molecule has 1 unspecified atom stereocenters. The fourth-order valence-corrected chi connectivity index (χ4v) is 4.20. The number of thiophene rings is 1. The van der Waals surface area contributed by atoms with Crippen LogP contribution in [0.5, 0.6) is 0 Å². The highest BCUT2D eigenvalue weighted by molar-refractivity contribution is 7.17. The van der Waals surface area contributed by atoms with Crippen molar-refractivity contribution in [2.75, 3.05) is 0 Å². The second kappa shape index (κ2) is 5.76. The number of carbonyl (C=O) groups is 2. The molecule has 3 heterocycles. The largest absolute Gasteiger partial charge is 0.481 e. The second-order valence-electron chi connectivity index (χ2n) is 5.83. The molecule has 0 aliphatic carbocycles. The van der Waals surface area contributed by atoms with Crippen molar-refractivity contribution >= 4 is 23.1 Å². The minimum Gasteiger partial charge on any atom is -0.481 e. The number of ketones is 1. The average Bonchev–Trinajstić information content (AvgIpc) is 3.30. The first kappa shape index (κ1) is 14.9. The molecule has 24 heavy (non-hydrogen) atoms. The van der Waals surface area contributed by atoms with E-state index in [1.54, 1.807) is 12.1 Å². The van der Waals surface area contributed by atoms with Crippen LogP contribution in [0.15, 0.2) is 54.6 Å². The number of hydrogen-bond acceptors (Lipinski definition) is 3. The molecule has 1 aliphatic heterocycles. The van der Waals surface area contributed by atoms with E-state index in [-0.39, 0.29) is 5.78 Å². The van der Waals surface area contributed by atoms with Gasteiger partial charge in [-0.2, -0.15) is 0 Å². The number of aliphatic carboxylic acids is 1. The van der Waals surface area contributed by atoms with Crippen LogP contribution in [0.3, 0.4) is 0 Å². The van der Waals surface area contributed by atoms with Crippen LogP contribution in [0.4, 0.5) is 0 Å². The summed E-state index contributed by atoms with van der Waals surface area (Å²) < 4.78 is 1.85. The highest BCUT2D eigenvalue weighted by Crippen LogP contribution is 2.33. The molecule has 4 rings (SSSR count). The maximum absolute atomic E-state index is 12.8. The van der Waals surface area contributed by atoms with Crippen molar-refractivity contribution in [1.82, 2.24) is 4.57 Å². The maximum atomic E-state index is 12.8. The van der Waals surface area contributed by atoms with E-state index in [1.165, 1.54) is 11.3 Å². The van der Waals surface area contributed by atoms with Crippen molar-refractivity contribution in [2.24, 2.45) is 0 Å². The van der Waals surface area contributed by atoms with E-state index in [4.69, 9.17) is 0 Å². The molecule has 1 aromatic carbocycles. The Balaban J connectivity index is 1.65. The number of carboxylic acids is 1. The third-order valence-electron chi connectivity index (χ3n) is 4.43. The fraction of sp³-hybridized carbons (Fsp3) is 0.158. The maximum Gasteiger partial charge on any atom is 0.312 e. The highest BCUT2D eigenvalue weighted by atomic mass is 32.1. The Labute approximate surface area is 143 Å². The van der Waals surface area contributed by atoms with E-state index in [2.05, 4.69) is 0 Å². The van der Waals surface area contributed by atoms with Crippen molar-refractivity contribution in [2.45, 2.75) is 18.9 Å². The average molecular weight is 337 g/mol. The Morgan fingerprint density at radius 1 is 1.04 bits per heavy atom. The molecule has 1 N–H and O–H groups in total. The van der Waals surface area contributed by atoms with Crippen LogP contribution < -0.4 is 0 Å². The second-order valence-corrected chi connectivity index (χ2v) is 6.92.